The van der Waals surface area contributed by atoms with Gasteiger partial charge in [-0.1, -0.05) is 27.7 Å². The molecule has 4 rings (SSSR count). The minimum atomic E-state index is -2.03. The lowest BCUT2D eigenvalue weighted by Crippen LogP contribution is -2.45. The number of aliphatic hydroxyl groups excluding tert-OH is 1. The van der Waals surface area contributed by atoms with Crippen molar-refractivity contribution in [3.8, 4) is 5.75 Å². The average molecular weight is 560 g/mol. The van der Waals surface area contributed by atoms with Crippen LogP contribution >= 0.6 is 0 Å². The van der Waals surface area contributed by atoms with E-state index in [0.717, 1.165) is 4.68 Å². The Labute approximate surface area is 226 Å². The highest BCUT2D eigenvalue weighted by Crippen LogP contribution is 2.45. The number of carbonyl (C=O) groups is 2. The Morgan fingerprint density at radius 2 is 1.90 bits per heavy atom. The number of esters is 2. The second-order valence-electron chi connectivity index (χ2n) is 10.1. The summed E-state index contributed by atoms with van der Waals surface area (Å²) >= 11 is 0. The molecule has 4 atom stereocenters. The van der Waals surface area contributed by atoms with Crippen molar-refractivity contribution < 1.29 is 43.5 Å². The summed E-state index contributed by atoms with van der Waals surface area (Å²) in [7, 11) is 0. The monoisotopic (exact) mass is 559 g/mol. The molecule has 1 fully saturated rings. The number of hydrogen-bond donors (Lipinski definition) is 3. The molecular weight excluding hydrogens is 530 g/mol. The Balaban J connectivity index is 1.86. The molecule has 1 aliphatic rings. The van der Waals surface area contributed by atoms with Crippen LogP contribution in [0.1, 0.15) is 40.8 Å². The number of hydrogen-bond acceptors (Lipinski definition) is 13. The van der Waals surface area contributed by atoms with Crippen LogP contribution in [0.3, 0.4) is 0 Å². The highest BCUT2D eigenvalue weighted by atomic mass is 16.7. The summed E-state index contributed by atoms with van der Waals surface area (Å²) in [5, 5.41) is 33.1. The second-order valence-corrected chi connectivity index (χ2v) is 10.1. The van der Waals surface area contributed by atoms with Gasteiger partial charge >= 0.3 is 11.9 Å². The Bertz CT molecular complexity index is 1550. The quantitative estimate of drug-likeness (QED) is 0.145. The number of nitrogens with zero attached hydrogens (tertiary/aromatic N) is 4. The summed E-state index contributed by atoms with van der Waals surface area (Å²) < 4.78 is 22.9. The third-order valence-corrected chi connectivity index (χ3v) is 6.43. The van der Waals surface area contributed by atoms with E-state index in [2.05, 4.69) is 20.3 Å². The average Bonchev–Trinajstić information content (AvgIpc) is 3.32. The second kappa shape index (κ2) is 11.1. The zero-order valence-corrected chi connectivity index (χ0v) is 22.4. The van der Waals surface area contributed by atoms with Gasteiger partial charge in [0.25, 0.3) is 5.56 Å². The zero-order valence-electron chi connectivity index (χ0n) is 22.4. The van der Waals surface area contributed by atoms with Gasteiger partial charge < -0.3 is 29.2 Å². The van der Waals surface area contributed by atoms with Crippen molar-refractivity contribution in [2.45, 2.75) is 58.7 Å². The third kappa shape index (κ3) is 5.19. The highest BCUT2D eigenvalue weighted by molar-refractivity contribution is 6.16. The molecule has 4 unspecified atom stereocenters. The SMILES string of the molecule is CC(C)C(=O)OCOc1cc2c(=O)[nH]ncc3nn(C4OC(COC(=O)C(C)C)C(O)C4(C)O)c(N=C=O)c1c32. The molecule has 214 valence electrons. The summed E-state index contributed by atoms with van der Waals surface area (Å²) in [6.45, 7) is 6.94. The van der Waals surface area contributed by atoms with Gasteiger partial charge in [0, 0.05) is 5.39 Å². The van der Waals surface area contributed by atoms with Gasteiger partial charge in [-0.3, -0.25) is 14.4 Å². The maximum absolute atomic E-state index is 12.7. The summed E-state index contributed by atoms with van der Waals surface area (Å²) in [4.78, 5) is 51.9. The molecule has 1 aromatic carbocycles. The van der Waals surface area contributed by atoms with Gasteiger partial charge in [0.05, 0.1) is 28.8 Å². The van der Waals surface area contributed by atoms with Crippen molar-refractivity contribution in [2.24, 2.45) is 16.8 Å². The van der Waals surface area contributed by atoms with Crippen molar-refractivity contribution in [2.75, 3.05) is 13.4 Å². The van der Waals surface area contributed by atoms with Crippen molar-refractivity contribution in [1.29, 1.82) is 0 Å². The van der Waals surface area contributed by atoms with Crippen LogP contribution in [0.15, 0.2) is 22.1 Å². The number of nitrogens with one attached hydrogen (secondary N) is 1. The van der Waals surface area contributed by atoms with Crippen molar-refractivity contribution in [1.82, 2.24) is 20.0 Å². The van der Waals surface area contributed by atoms with E-state index in [4.69, 9.17) is 18.9 Å². The zero-order chi connectivity index (χ0) is 29.4. The van der Waals surface area contributed by atoms with E-state index < -0.39 is 60.2 Å². The van der Waals surface area contributed by atoms with E-state index in [9.17, 15) is 29.4 Å². The first-order valence-corrected chi connectivity index (χ1v) is 12.4. The number of aromatic nitrogens is 4. The molecule has 0 amide bonds. The van der Waals surface area contributed by atoms with E-state index in [1.165, 1.54) is 25.3 Å². The normalized spacial score (nSPS) is 22.6. The highest BCUT2D eigenvalue weighted by Gasteiger charge is 2.54. The summed E-state index contributed by atoms with van der Waals surface area (Å²) in [6.07, 6.45) is -1.54. The molecule has 1 aliphatic heterocycles. The van der Waals surface area contributed by atoms with Crippen molar-refractivity contribution in [3.05, 3.63) is 22.6 Å². The lowest BCUT2D eigenvalue weighted by Gasteiger charge is -2.28. The van der Waals surface area contributed by atoms with Gasteiger partial charge in [-0.05, 0) is 13.0 Å². The minimum Gasteiger partial charge on any atom is -0.463 e. The number of ether oxygens (including phenoxy) is 4. The van der Waals surface area contributed by atoms with Crippen LogP contribution in [0.4, 0.5) is 5.82 Å². The lowest BCUT2D eigenvalue weighted by molar-refractivity contribution is -0.154. The molecule has 0 saturated carbocycles. The lowest BCUT2D eigenvalue weighted by atomic mass is 9.96. The fourth-order valence-electron chi connectivity index (χ4n) is 4.24. The van der Waals surface area contributed by atoms with E-state index in [0.29, 0.717) is 0 Å². The molecule has 40 heavy (non-hydrogen) atoms. The number of carbonyl (C=O) groups excluding carboxylic acids is 3. The van der Waals surface area contributed by atoms with Crippen LogP contribution in [0, 0.1) is 11.8 Å². The molecule has 3 N–H and O–H groups in total. The number of aliphatic hydroxyl groups is 2. The molecule has 1 saturated heterocycles. The molecule has 2 aromatic heterocycles. The molecular formula is C25H29N5O10. The van der Waals surface area contributed by atoms with Gasteiger partial charge in [-0.25, -0.2) is 14.6 Å². The van der Waals surface area contributed by atoms with Crippen LogP contribution in [0.25, 0.3) is 21.7 Å². The van der Waals surface area contributed by atoms with Crippen LogP contribution in [0.2, 0.25) is 0 Å². The van der Waals surface area contributed by atoms with Crippen molar-refractivity contribution >= 4 is 45.5 Å². The van der Waals surface area contributed by atoms with Gasteiger partial charge in [-0.15, -0.1) is 4.99 Å². The number of aromatic amines is 1. The smallest absolute Gasteiger partial charge is 0.311 e. The molecule has 0 bridgehead atoms. The molecule has 0 aliphatic carbocycles. The van der Waals surface area contributed by atoms with Crippen LogP contribution in [-0.4, -0.2) is 79.4 Å². The van der Waals surface area contributed by atoms with Crippen LogP contribution < -0.4 is 10.3 Å². The first kappa shape index (κ1) is 28.8. The molecule has 15 heteroatoms. The first-order valence-electron chi connectivity index (χ1n) is 12.4. The largest absolute Gasteiger partial charge is 0.463 e. The van der Waals surface area contributed by atoms with Gasteiger partial charge in [0.2, 0.25) is 12.9 Å². The summed E-state index contributed by atoms with van der Waals surface area (Å²) in [6, 6.07) is 1.34. The fourth-order valence-corrected chi connectivity index (χ4v) is 4.24. The van der Waals surface area contributed by atoms with Gasteiger partial charge in [0.1, 0.15) is 35.7 Å². The molecule has 15 nitrogen and oxygen atoms in total. The number of isocyanates is 1. The van der Waals surface area contributed by atoms with Crippen LogP contribution in [0.5, 0.6) is 5.75 Å². The van der Waals surface area contributed by atoms with E-state index in [1.54, 1.807) is 27.7 Å². The first-order chi connectivity index (χ1) is 18.9. The maximum atomic E-state index is 12.7. The van der Waals surface area contributed by atoms with Crippen molar-refractivity contribution in [3.63, 3.8) is 0 Å². The predicted octanol–water partition coefficient (Wildman–Crippen LogP) is 0.984. The molecule has 3 heterocycles. The van der Waals surface area contributed by atoms with Gasteiger partial charge in [-0.2, -0.15) is 10.2 Å². The van der Waals surface area contributed by atoms with Gasteiger partial charge in [0.15, 0.2) is 12.0 Å². The summed E-state index contributed by atoms with van der Waals surface area (Å²) in [5.41, 5.74) is -2.54. The standard InChI is InChI=1S/C25H29N5O10/c1-11(2)22(34)37-8-16-19(32)25(5,36)24(40-16)30-20(26-9-31)18-15(38-10-39-23(35)12(3)4)6-13-17(18)14(29-30)7-27-28-21(13)33/h6-7,11-12,16,19,24,32,36H,8,10H2,1-5H3,(H,28,33). The number of rotatable bonds is 9. The number of H-pyrrole nitrogens is 1. The number of aliphatic imine (C=N–C) groups is 1. The summed E-state index contributed by atoms with van der Waals surface area (Å²) in [5.74, 6) is -2.16. The Kier molecular flexibility index (Phi) is 8.03. The Hall–Kier alpha value is -4.17. The third-order valence-electron chi connectivity index (χ3n) is 6.43. The molecule has 3 aromatic rings. The predicted molar refractivity (Wildman–Crippen MR) is 136 cm³/mol. The molecule has 0 radical (unpaired) electrons. The van der Waals surface area contributed by atoms with E-state index >= 15 is 0 Å². The molecule has 0 spiro atoms. The fraction of sp³-hybridized carbons (Fsp3) is 0.520. The van der Waals surface area contributed by atoms with E-state index in [-0.39, 0.29) is 39.8 Å². The minimum absolute atomic E-state index is 0.000919. The Morgan fingerprint density at radius 3 is 2.55 bits per heavy atom. The Morgan fingerprint density at radius 1 is 1.23 bits per heavy atom. The maximum Gasteiger partial charge on any atom is 0.311 e. The van der Waals surface area contributed by atoms with E-state index in [1.807, 2.05) is 0 Å². The topological polar surface area (TPSA) is 205 Å². The van der Waals surface area contributed by atoms with Crippen LogP contribution in [-0.2, 0) is 28.6 Å².